The number of carboxylic acids is 1. The van der Waals surface area contributed by atoms with E-state index in [1.54, 1.807) is 13.0 Å². The van der Waals surface area contributed by atoms with E-state index in [2.05, 4.69) is 41.6 Å². The zero-order valence-corrected chi connectivity index (χ0v) is 15.2. The van der Waals surface area contributed by atoms with Gasteiger partial charge < -0.3 is 5.11 Å². The maximum absolute atomic E-state index is 12.3. The van der Waals surface area contributed by atoms with Crippen molar-refractivity contribution in [2.75, 3.05) is 4.72 Å². The summed E-state index contributed by atoms with van der Waals surface area (Å²) in [5.41, 5.74) is 0.818. The zero-order chi connectivity index (χ0) is 15.8. The summed E-state index contributed by atoms with van der Waals surface area (Å²) in [4.78, 5) is 14.6. The Morgan fingerprint density at radius 3 is 2.57 bits per heavy atom. The van der Waals surface area contributed by atoms with Crippen molar-refractivity contribution < 1.29 is 18.3 Å². The molecule has 0 amide bonds. The summed E-state index contributed by atoms with van der Waals surface area (Å²) in [6.07, 6.45) is 1.48. The number of aryl methyl sites for hydroxylation is 1. The van der Waals surface area contributed by atoms with E-state index in [-0.39, 0.29) is 19.4 Å². The van der Waals surface area contributed by atoms with Crippen molar-refractivity contribution in [1.82, 2.24) is 4.98 Å². The first-order chi connectivity index (χ1) is 9.70. The van der Waals surface area contributed by atoms with Crippen LogP contribution in [-0.2, 0) is 10.0 Å². The summed E-state index contributed by atoms with van der Waals surface area (Å²) in [6.45, 7) is 1.80. The number of nitrogens with zero attached hydrogens (tertiary/aromatic N) is 1. The lowest BCUT2D eigenvalue weighted by Gasteiger charge is -2.07. The smallest absolute Gasteiger partial charge is 0.345 e. The molecule has 0 aromatic carbocycles. The van der Waals surface area contributed by atoms with E-state index in [4.69, 9.17) is 5.11 Å². The lowest BCUT2D eigenvalue weighted by Crippen LogP contribution is -2.13. The Morgan fingerprint density at radius 2 is 2.05 bits per heavy atom. The quantitative estimate of drug-likeness (QED) is 0.735. The van der Waals surface area contributed by atoms with Gasteiger partial charge in [-0.3, -0.25) is 4.72 Å². The van der Waals surface area contributed by atoms with Gasteiger partial charge in [-0.1, -0.05) is 0 Å². The van der Waals surface area contributed by atoms with Crippen molar-refractivity contribution in [2.45, 2.75) is 11.8 Å². The number of pyridine rings is 1. The van der Waals surface area contributed by atoms with Crippen molar-refractivity contribution in [1.29, 1.82) is 0 Å². The molecule has 0 saturated carbocycles. The molecule has 2 rings (SSSR count). The van der Waals surface area contributed by atoms with Gasteiger partial charge in [-0.2, -0.15) is 0 Å². The maximum atomic E-state index is 12.3. The van der Waals surface area contributed by atoms with Crippen LogP contribution in [-0.4, -0.2) is 24.5 Å². The average molecular weight is 456 g/mol. The minimum Gasteiger partial charge on any atom is -0.477 e. The van der Waals surface area contributed by atoms with Gasteiger partial charge in [0.25, 0.3) is 10.0 Å². The highest BCUT2D eigenvalue weighted by Gasteiger charge is 2.23. The summed E-state index contributed by atoms with van der Waals surface area (Å²) in [5, 5.41) is 8.90. The Hall–Kier alpha value is -0.970. The Bertz CT molecular complexity index is 818. The molecule has 112 valence electrons. The number of carbonyl (C=O) groups is 1. The lowest BCUT2D eigenvalue weighted by atomic mass is 10.3. The maximum Gasteiger partial charge on any atom is 0.345 e. The number of rotatable bonds is 4. The third kappa shape index (κ3) is 3.62. The average Bonchev–Trinajstić information content (AvgIpc) is 2.77. The molecule has 2 aromatic rings. The van der Waals surface area contributed by atoms with Crippen LogP contribution in [0.2, 0.25) is 0 Å². The van der Waals surface area contributed by atoms with Crippen molar-refractivity contribution >= 4 is 65.0 Å². The number of carboxylic acid groups (broad SMARTS) is 1. The van der Waals surface area contributed by atoms with E-state index in [9.17, 15) is 13.2 Å². The highest BCUT2D eigenvalue weighted by molar-refractivity contribution is 9.11. The van der Waals surface area contributed by atoms with Crippen LogP contribution in [0.3, 0.4) is 0 Å². The van der Waals surface area contributed by atoms with Gasteiger partial charge in [-0.15, -0.1) is 11.3 Å². The van der Waals surface area contributed by atoms with E-state index in [1.165, 1.54) is 6.20 Å². The standard InChI is InChI=1S/C11H8Br2N2O4S2/c1-5-2-9(14-4-6(5)12)15-21(18,19)8-3-7(11(16)17)20-10(8)13/h2-4H,1H3,(H,14,15)(H,16,17). The molecular formula is C11H8Br2N2O4S2. The first-order valence-corrected chi connectivity index (χ1v) is 9.27. The molecule has 0 aliphatic heterocycles. The summed E-state index contributed by atoms with van der Waals surface area (Å²) in [7, 11) is -3.91. The van der Waals surface area contributed by atoms with Gasteiger partial charge in [0.15, 0.2) is 0 Å². The number of hydrogen-bond donors (Lipinski definition) is 2. The molecule has 0 atom stereocenters. The van der Waals surface area contributed by atoms with E-state index >= 15 is 0 Å². The molecule has 2 N–H and O–H groups in total. The first-order valence-electron chi connectivity index (χ1n) is 5.38. The first kappa shape index (κ1) is 16.4. The van der Waals surface area contributed by atoms with Gasteiger partial charge in [0.2, 0.25) is 0 Å². The van der Waals surface area contributed by atoms with Gasteiger partial charge in [0.05, 0.1) is 3.79 Å². The van der Waals surface area contributed by atoms with Gasteiger partial charge >= 0.3 is 5.97 Å². The Kier molecular flexibility index (Phi) is 4.71. The van der Waals surface area contributed by atoms with Crippen LogP contribution >= 0.6 is 43.2 Å². The highest BCUT2D eigenvalue weighted by atomic mass is 79.9. The summed E-state index contributed by atoms with van der Waals surface area (Å²) in [5.74, 6) is -1.02. The fourth-order valence-electron chi connectivity index (χ4n) is 1.43. The topological polar surface area (TPSA) is 96.4 Å². The second kappa shape index (κ2) is 6.03. The molecule has 21 heavy (non-hydrogen) atoms. The fraction of sp³-hybridized carbons (Fsp3) is 0.0909. The van der Waals surface area contributed by atoms with Crippen molar-refractivity contribution in [3.63, 3.8) is 0 Å². The molecule has 2 aromatic heterocycles. The van der Waals surface area contributed by atoms with E-state index in [1.807, 2.05) is 0 Å². The molecule has 0 spiro atoms. The number of sulfonamides is 1. The molecule has 0 aliphatic rings. The Labute approximate surface area is 141 Å². The SMILES string of the molecule is Cc1cc(NS(=O)(=O)c2cc(C(=O)O)sc2Br)ncc1Br. The third-order valence-corrected chi connectivity index (χ3v) is 6.87. The predicted molar refractivity (Wildman–Crippen MR) is 86.5 cm³/mol. The number of nitrogens with one attached hydrogen (secondary N) is 1. The van der Waals surface area contributed by atoms with Crippen molar-refractivity contribution in [3.8, 4) is 0 Å². The number of aromatic nitrogens is 1. The molecule has 0 aliphatic carbocycles. The molecule has 0 bridgehead atoms. The second-order valence-corrected chi connectivity index (χ2v) is 8.85. The van der Waals surface area contributed by atoms with Crippen LogP contribution < -0.4 is 4.72 Å². The molecular weight excluding hydrogens is 448 g/mol. The van der Waals surface area contributed by atoms with Crippen LogP contribution in [0.25, 0.3) is 0 Å². The van der Waals surface area contributed by atoms with Crippen LogP contribution in [0, 0.1) is 6.92 Å². The van der Waals surface area contributed by atoms with E-state index in [0.29, 0.717) is 0 Å². The molecule has 0 fully saturated rings. The van der Waals surface area contributed by atoms with Crippen molar-refractivity contribution in [3.05, 3.63) is 37.0 Å². The molecule has 10 heteroatoms. The summed E-state index contributed by atoms with van der Waals surface area (Å²) < 4.78 is 27.9. The van der Waals surface area contributed by atoms with Gasteiger partial charge in [-0.25, -0.2) is 18.2 Å². The number of aromatic carboxylic acids is 1. The Balaban J connectivity index is 2.38. The summed E-state index contributed by atoms with van der Waals surface area (Å²) >= 11 is 7.18. The zero-order valence-electron chi connectivity index (χ0n) is 10.4. The van der Waals surface area contributed by atoms with Crippen LogP contribution in [0.1, 0.15) is 15.2 Å². The molecule has 2 heterocycles. The number of hydrogen-bond acceptors (Lipinski definition) is 5. The largest absolute Gasteiger partial charge is 0.477 e. The fourth-order valence-corrected chi connectivity index (χ4v) is 5.05. The molecule has 0 unspecified atom stereocenters. The minimum atomic E-state index is -3.91. The number of thiophene rings is 1. The monoisotopic (exact) mass is 454 g/mol. The van der Waals surface area contributed by atoms with Crippen LogP contribution in [0.4, 0.5) is 5.82 Å². The minimum absolute atomic E-state index is 0.0674. The lowest BCUT2D eigenvalue weighted by molar-refractivity contribution is 0.0702. The van der Waals surface area contributed by atoms with E-state index in [0.717, 1.165) is 27.4 Å². The summed E-state index contributed by atoms with van der Waals surface area (Å²) in [6, 6.07) is 2.67. The second-order valence-electron chi connectivity index (χ2n) is 3.98. The third-order valence-electron chi connectivity index (χ3n) is 2.44. The van der Waals surface area contributed by atoms with Crippen LogP contribution in [0.5, 0.6) is 0 Å². The highest BCUT2D eigenvalue weighted by Crippen LogP contribution is 2.32. The number of halogens is 2. The molecule has 0 radical (unpaired) electrons. The van der Waals surface area contributed by atoms with Gasteiger partial charge in [0, 0.05) is 10.7 Å². The number of anilines is 1. The van der Waals surface area contributed by atoms with E-state index < -0.39 is 16.0 Å². The predicted octanol–water partition coefficient (Wildman–Crippen LogP) is 3.48. The van der Waals surface area contributed by atoms with Crippen LogP contribution in [0.15, 0.2) is 31.5 Å². The van der Waals surface area contributed by atoms with Gasteiger partial charge in [0.1, 0.15) is 15.6 Å². The molecule has 0 saturated heterocycles. The van der Waals surface area contributed by atoms with Gasteiger partial charge in [-0.05, 0) is 56.5 Å². The normalized spacial score (nSPS) is 11.4. The Morgan fingerprint density at radius 1 is 1.38 bits per heavy atom. The molecule has 6 nitrogen and oxygen atoms in total. The van der Waals surface area contributed by atoms with Crippen molar-refractivity contribution in [2.24, 2.45) is 0 Å².